The van der Waals surface area contributed by atoms with Gasteiger partial charge in [-0.1, -0.05) is 29.2 Å². The lowest BCUT2D eigenvalue weighted by atomic mass is 10.3. The molecule has 10 nitrogen and oxygen atoms in total. The molecule has 1 aliphatic heterocycles. The number of oxazole rings is 1. The van der Waals surface area contributed by atoms with Crippen molar-refractivity contribution in [3.63, 3.8) is 0 Å². The number of nitrogens with one attached hydrogen (secondary N) is 1. The normalized spacial score (nSPS) is 14.8. The Bertz CT molecular complexity index is 1300. The summed E-state index contributed by atoms with van der Waals surface area (Å²) in [6, 6.07) is 4.37. The SMILES string of the molecule is C=CCSc1nnc(NC(=O)CCn2c(=O)oc3cc(S(=O)(=O)N4CCCC4)ccc32)s1. The number of sulfonamides is 1. The molecule has 13 heteroatoms. The number of fused-ring (bicyclic) bond motifs is 1. The fraction of sp³-hybridized carbons (Fsp3) is 0.368. The van der Waals surface area contributed by atoms with Crippen molar-refractivity contribution in [2.24, 2.45) is 0 Å². The molecule has 4 rings (SSSR count). The second-order valence-electron chi connectivity index (χ2n) is 7.03. The zero-order valence-electron chi connectivity index (χ0n) is 17.0. The smallest absolute Gasteiger partial charge is 0.408 e. The number of thioether (sulfide) groups is 1. The molecule has 0 unspecified atom stereocenters. The number of aryl methyl sites for hydroxylation is 1. The minimum Gasteiger partial charge on any atom is -0.408 e. The van der Waals surface area contributed by atoms with Crippen LogP contribution in [0.3, 0.4) is 0 Å². The molecule has 1 aliphatic rings. The summed E-state index contributed by atoms with van der Waals surface area (Å²) in [4.78, 5) is 24.7. The Morgan fingerprint density at radius 2 is 2.09 bits per heavy atom. The summed E-state index contributed by atoms with van der Waals surface area (Å²) in [5.41, 5.74) is 0.603. The van der Waals surface area contributed by atoms with Crippen molar-refractivity contribution in [2.45, 2.75) is 35.0 Å². The first-order valence-electron chi connectivity index (χ1n) is 9.89. The molecule has 1 saturated heterocycles. The highest BCUT2D eigenvalue weighted by Crippen LogP contribution is 2.26. The van der Waals surface area contributed by atoms with Gasteiger partial charge >= 0.3 is 5.76 Å². The van der Waals surface area contributed by atoms with Crippen LogP contribution < -0.4 is 11.1 Å². The monoisotopic (exact) mass is 495 g/mol. The fourth-order valence-corrected chi connectivity index (χ4v) is 6.40. The van der Waals surface area contributed by atoms with E-state index in [0.29, 0.717) is 29.5 Å². The highest BCUT2D eigenvalue weighted by Gasteiger charge is 2.28. The molecule has 0 radical (unpaired) electrons. The Morgan fingerprint density at radius 3 is 2.84 bits per heavy atom. The van der Waals surface area contributed by atoms with Crippen LogP contribution in [0.1, 0.15) is 19.3 Å². The van der Waals surface area contributed by atoms with E-state index >= 15 is 0 Å². The number of hydrogen-bond acceptors (Lipinski definition) is 9. The van der Waals surface area contributed by atoms with E-state index in [2.05, 4.69) is 22.1 Å². The van der Waals surface area contributed by atoms with Crippen molar-refractivity contribution in [3.8, 4) is 0 Å². The van der Waals surface area contributed by atoms with Gasteiger partial charge in [0.25, 0.3) is 0 Å². The second kappa shape index (κ2) is 9.57. The number of nitrogens with zero attached hydrogens (tertiary/aromatic N) is 4. The average Bonchev–Trinajstić information content (AvgIpc) is 3.51. The molecule has 170 valence electrons. The average molecular weight is 496 g/mol. The summed E-state index contributed by atoms with van der Waals surface area (Å²) in [6.45, 7) is 4.70. The van der Waals surface area contributed by atoms with Gasteiger partial charge in [-0.3, -0.25) is 9.36 Å². The highest BCUT2D eigenvalue weighted by molar-refractivity contribution is 8.01. The number of anilines is 1. The number of carbonyl (C=O) groups is 1. The summed E-state index contributed by atoms with van der Waals surface area (Å²) in [6.07, 6.45) is 3.43. The van der Waals surface area contributed by atoms with Gasteiger partial charge in [-0.2, -0.15) is 4.31 Å². The lowest BCUT2D eigenvalue weighted by molar-refractivity contribution is -0.116. The minimum absolute atomic E-state index is 0.0110. The van der Waals surface area contributed by atoms with Gasteiger partial charge in [0.2, 0.25) is 21.1 Å². The minimum atomic E-state index is -3.62. The number of benzene rings is 1. The molecule has 3 heterocycles. The third kappa shape index (κ3) is 4.80. The third-order valence-corrected chi connectivity index (χ3v) is 8.74. The van der Waals surface area contributed by atoms with Gasteiger partial charge in [-0.15, -0.1) is 16.8 Å². The number of rotatable bonds is 9. The van der Waals surface area contributed by atoms with Gasteiger partial charge < -0.3 is 9.73 Å². The topological polar surface area (TPSA) is 127 Å². The van der Waals surface area contributed by atoms with Crippen LogP contribution in [-0.2, 0) is 21.4 Å². The molecule has 2 aromatic heterocycles. The van der Waals surface area contributed by atoms with E-state index in [0.717, 1.165) is 17.2 Å². The van der Waals surface area contributed by atoms with Crippen molar-refractivity contribution < 1.29 is 17.6 Å². The first-order valence-corrected chi connectivity index (χ1v) is 13.1. The Balaban J connectivity index is 1.44. The van der Waals surface area contributed by atoms with Crippen molar-refractivity contribution in [2.75, 3.05) is 24.2 Å². The lowest BCUT2D eigenvalue weighted by Gasteiger charge is -2.15. The molecule has 0 aliphatic carbocycles. The van der Waals surface area contributed by atoms with E-state index in [4.69, 9.17) is 4.42 Å². The van der Waals surface area contributed by atoms with Crippen LogP contribution in [0.15, 0.2) is 49.3 Å². The second-order valence-corrected chi connectivity index (χ2v) is 11.2. The van der Waals surface area contributed by atoms with Crippen LogP contribution in [0, 0.1) is 0 Å². The predicted octanol–water partition coefficient (Wildman–Crippen LogP) is 2.54. The van der Waals surface area contributed by atoms with Gasteiger partial charge in [0.1, 0.15) is 0 Å². The summed E-state index contributed by atoms with van der Waals surface area (Å²) >= 11 is 2.72. The van der Waals surface area contributed by atoms with Gasteiger partial charge in [0, 0.05) is 37.9 Å². The fourth-order valence-electron chi connectivity index (χ4n) is 3.34. The maximum atomic E-state index is 12.7. The Labute approximate surface area is 192 Å². The quantitative estimate of drug-likeness (QED) is 0.273. The summed E-state index contributed by atoms with van der Waals surface area (Å²) in [5.74, 6) is -0.279. The van der Waals surface area contributed by atoms with E-state index in [1.54, 1.807) is 6.08 Å². The maximum absolute atomic E-state index is 12.7. The molecule has 1 amide bonds. The maximum Gasteiger partial charge on any atom is 0.419 e. The van der Waals surface area contributed by atoms with Crippen LogP contribution in [-0.4, -0.2) is 52.2 Å². The summed E-state index contributed by atoms with van der Waals surface area (Å²) in [7, 11) is -3.62. The molecule has 0 saturated carbocycles. The molecule has 32 heavy (non-hydrogen) atoms. The molecule has 0 spiro atoms. The van der Waals surface area contributed by atoms with E-state index in [1.807, 2.05) is 0 Å². The molecule has 1 aromatic carbocycles. The summed E-state index contributed by atoms with van der Waals surface area (Å²) < 4.78 is 34.2. The van der Waals surface area contributed by atoms with E-state index in [1.165, 1.54) is 50.2 Å². The van der Waals surface area contributed by atoms with E-state index < -0.39 is 15.8 Å². The van der Waals surface area contributed by atoms with Gasteiger partial charge in [-0.05, 0) is 25.0 Å². The predicted molar refractivity (Wildman–Crippen MR) is 123 cm³/mol. The molecule has 1 N–H and O–H groups in total. The molecule has 0 atom stereocenters. The molecule has 1 fully saturated rings. The van der Waals surface area contributed by atoms with Crippen molar-refractivity contribution in [1.82, 2.24) is 19.1 Å². The van der Waals surface area contributed by atoms with Crippen LogP contribution in [0.5, 0.6) is 0 Å². The highest BCUT2D eigenvalue weighted by atomic mass is 32.2. The number of hydrogen-bond donors (Lipinski definition) is 1. The van der Waals surface area contributed by atoms with Gasteiger partial charge in [0.15, 0.2) is 9.92 Å². The lowest BCUT2D eigenvalue weighted by Crippen LogP contribution is -2.27. The Kier molecular flexibility index (Phi) is 6.79. The molecular formula is C19H21N5O5S3. The molecular weight excluding hydrogens is 474 g/mol. The molecule has 3 aromatic rings. The zero-order chi connectivity index (χ0) is 22.7. The first-order chi connectivity index (χ1) is 15.4. The number of aromatic nitrogens is 3. The summed E-state index contributed by atoms with van der Waals surface area (Å²) in [5, 5.41) is 10.9. The third-order valence-electron chi connectivity index (χ3n) is 4.88. The van der Waals surface area contributed by atoms with Gasteiger partial charge in [-0.25, -0.2) is 13.2 Å². The van der Waals surface area contributed by atoms with Crippen LogP contribution >= 0.6 is 23.1 Å². The zero-order valence-corrected chi connectivity index (χ0v) is 19.5. The first kappa shape index (κ1) is 22.7. The van der Waals surface area contributed by atoms with Crippen LogP contribution in [0.4, 0.5) is 5.13 Å². The standard InChI is InChI=1S/C19H21N5O5S3/c1-2-11-30-18-22-21-17(31-18)20-16(25)7-10-24-14-6-5-13(12-15(14)29-19(24)26)32(27,28)23-8-3-4-9-23/h2,5-6,12H,1,3-4,7-11H2,(H,20,21,25). The van der Waals surface area contributed by atoms with Crippen LogP contribution in [0.25, 0.3) is 11.1 Å². The largest absolute Gasteiger partial charge is 0.419 e. The molecule has 0 bridgehead atoms. The van der Waals surface area contributed by atoms with Crippen molar-refractivity contribution >= 4 is 55.3 Å². The van der Waals surface area contributed by atoms with Crippen molar-refractivity contribution in [1.29, 1.82) is 0 Å². The van der Waals surface area contributed by atoms with Crippen LogP contribution in [0.2, 0.25) is 0 Å². The van der Waals surface area contributed by atoms with Crippen molar-refractivity contribution in [3.05, 3.63) is 41.4 Å². The Morgan fingerprint density at radius 1 is 1.31 bits per heavy atom. The van der Waals surface area contributed by atoms with E-state index in [9.17, 15) is 18.0 Å². The number of carbonyl (C=O) groups excluding carboxylic acids is 1. The number of amides is 1. The Hall–Kier alpha value is -2.48. The van der Waals surface area contributed by atoms with Gasteiger partial charge in [0.05, 0.1) is 10.4 Å². The van der Waals surface area contributed by atoms with E-state index in [-0.39, 0.29) is 29.4 Å².